The van der Waals surface area contributed by atoms with Crippen LogP contribution in [-0.2, 0) is 10.0 Å². The summed E-state index contributed by atoms with van der Waals surface area (Å²) in [4.78, 5) is 5.06. The molecule has 2 aromatic heterocycles. The maximum absolute atomic E-state index is 13.0. The Hall–Kier alpha value is -1.24. The van der Waals surface area contributed by atoms with Gasteiger partial charge in [-0.15, -0.1) is 11.3 Å². The van der Waals surface area contributed by atoms with Gasteiger partial charge in [-0.25, -0.2) is 8.42 Å². The van der Waals surface area contributed by atoms with Crippen LogP contribution in [0.25, 0.3) is 0 Å². The van der Waals surface area contributed by atoms with E-state index in [-0.39, 0.29) is 11.5 Å². The van der Waals surface area contributed by atoms with Crippen LogP contribution in [0.1, 0.15) is 35.9 Å². The Kier molecular flexibility index (Phi) is 3.66. The lowest BCUT2D eigenvalue weighted by atomic mass is 9.74. The third kappa shape index (κ3) is 2.39. The summed E-state index contributed by atoms with van der Waals surface area (Å²) >= 11 is 1.35. The highest BCUT2D eigenvalue weighted by molar-refractivity contribution is 7.91. The van der Waals surface area contributed by atoms with E-state index in [1.165, 1.54) is 11.3 Å². The molecule has 0 aromatic carbocycles. The number of nitrogens with zero attached hydrogens (tertiary/aromatic N) is 2. The first-order chi connectivity index (χ1) is 10.2. The molecule has 1 atom stereocenters. The molecule has 0 amide bonds. The molecule has 3 heterocycles. The first kappa shape index (κ1) is 15.6. The molecule has 1 aliphatic heterocycles. The van der Waals surface area contributed by atoms with Crippen molar-refractivity contribution in [2.45, 2.75) is 37.9 Å². The van der Waals surface area contributed by atoms with Gasteiger partial charge in [-0.2, -0.15) is 4.31 Å². The molecular formula is C16H20N2O2S2. The van der Waals surface area contributed by atoms with Crippen LogP contribution in [0.15, 0.2) is 34.8 Å². The van der Waals surface area contributed by atoms with Gasteiger partial charge in [0, 0.05) is 23.8 Å². The fourth-order valence-electron chi connectivity index (χ4n) is 3.23. The highest BCUT2D eigenvalue weighted by Crippen LogP contribution is 2.51. The van der Waals surface area contributed by atoms with E-state index in [2.05, 4.69) is 18.8 Å². The van der Waals surface area contributed by atoms with Crippen LogP contribution < -0.4 is 0 Å². The van der Waals surface area contributed by atoms with Gasteiger partial charge in [0.1, 0.15) is 4.21 Å². The van der Waals surface area contributed by atoms with Crippen LogP contribution in [0.2, 0.25) is 0 Å². The molecule has 0 bridgehead atoms. The molecule has 118 valence electrons. The molecule has 1 saturated heterocycles. The standard InChI is InChI=1S/C16H20N2O2S2/c1-11-9-12(2)21-15(11)22(19,20)18-10-16(3,4)14(18)13-5-7-17-8-6-13/h5-9,14H,10H2,1-4H3. The summed E-state index contributed by atoms with van der Waals surface area (Å²) in [6, 6.07) is 5.60. The number of hydrogen-bond acceptors (Lipinski definition) is 4. The van der Waals surface area contributed by atoms with Crippen molar-refractivity contribution in [1.82, 2.24) is 9.29 Å². The zero-order valence-corrected chi connectivity index (χ0v) is 14.8. The van der Waals surface area contributed by atoms with Crippen molar-refractivity contribution in [2.75, 3.05) is 6.54 Å². The van der Waals surface area contributed by atoms with Crippen molar-refractivity contribution < 1.29 is 8.42 Å². The minimum absolute atomic E-state index is 0.0748. The van der Waals surface area contributed by atoms with E-state index in [0.717, 1.165) is 16.0 Å². The second kappa shape index (κ2) is 5.15. The molecule has 0 N–H and O–H groups in total. The van der Waals surface area contributed by atoms with Gasteiger partial charge in [0.05, 0.1) is 6.04 Å². The Morgan fingerprint density at radius 1 is 1.27 bits per heavy atom. The smallest absolute Gasteiger partial charge is 0.253 e. The number of aromatic nitrogens is 1. The van der Waals surface area contributed by atoms with Crippen molar-refractivity contribution in [1.29, 1.82) is 0 Å². The van der Waals surface area contributed by atoms with Crippen molar-refractivity contribution in [3.8, 4) is 0 Å². The molecule has 0 saturated carbocycles. The fourth-order valence-corrected chi connectivity index (χ4v) is 6.94. The van der Waals surface area contributed by atoms with E-state index in [9.17, 15) is 8.42 Å². The molecule has 0 radical (unpaired) electrons. The van der Waals surface area contributed by atoms with Gasteiger partial charge in [-0.1, -0.05) is 13.8 Å². The maximum Gasteiger partial charge on any atom is 0.253 e. The summed E-state index contributed by atoms with van der Waals surface area (Å²) < 4.78 is 28.2. The predicted molar refractivity (Wildman–Crippen MR) is 88.4 cm³/mol. The topological polar surface area (TPSA) is 50.3 Å². The zero-order valence-electron chi connectivity index (χ0n) is 13.2. The number of rotatable bonds is 3. The lowest BCUT2D eigenvalue weighted by molar-refractivity contribution is 0.0199. The summed E-state index contributed by atoms with van der Waals surface area (Å²) in [5, 5.41) is 0. The third-order valence-corrected chi connectivity index (χ3v) is 7.73. The molecule has 4 nitrogen and oxygen atoms in total. The second-order valence-electron chi connectivity index (χ2n) is 6.55. The fraction of sp³-hybridized carbons (Fsp3) is 0.438. The molecule has 2 aromatic rings. The Morgan fingerprint density at radius 3 is 2.41 bits per heavy atom. The van der Waals surface area contributed by atoms with E-state index in [1.807, 2.05) is 32.0 Å². The predicted octanol–water partition coefficient (Wildman–Crippen LogP) is 3.53. The highest BCUT2D eigenvalue weighted by Gasteiger charge is 2.52. The molecule has 3 rings (SSSR count). The van der Waals surface area contributed by atoms with Crippen LogP contribution in [-0.4, -0.2) is 24.3 Å². The Bertz CT molecular complexity index is 795. The second-order valence-corrected chi connectivity index (χ2v) is 9.89. The summed E-state index contributed by atoms with van der Waals surface area (Å²) in [6.07, 6.45) is 3.43. The first-order valence-electron chi connectivity index (χ1n) is 7.22. The number of sulfonamides is 1. The summed E-state index contributed by atoms with van der Waals surface area (Å²) in [7, 11) is -3.45. The van der Waals surface area contributed by atoms with Crippen LogP contribution in [0.4, 0.5) is 0 Å². The van der Waals surface area contributed by atoms with Crippen molar-refractivity contribution >= 4 is 21.4 Å². The normalized spacial score (nSPS) is 21.5. The average molecular weight is 336 g/mol. The number of aryl methyl sites for hydroxylation is 2. The average Bonchev–Trinajstić information content (AvgIpc) is 2.77. The van der Waals surface area contributed by atoms with Gasteiger partial charge in [0.15, 0.2) is 0 Å². The van der Waals surface area contributed by atoms with Crippen molar-refractivity contribution in [3.63, 3.8) is 0 Å². The molecule has 22 heavy (non-hydrogen) atoms. The SMILES string of the molecule is Cc1cc(C)c(S(=O)(=O)N2CC(C)(C)C2c2ccncc2)s1. The summed E-state index contributed by atoms with van der Waals surface area (Å²) in [5.74, 6) is 0. The molecule has 0 spiro atoms. The van der Waals surface area contributed by atoms with Crippen molar-refractivity contribution in [2.24, 2.45) is 5.41 Å². The van der Waals surface area contributed by atoms with Crippen molar-refractivity contribution in [3.05, 3.63) is 46.6 Å². The van der Waals surface area contributed by atoms with Gasteiger partial charge < -0.3 is 0 Å². The lowest BCUT2D eigenvalue weighted by Gasteiger charge is -2.53. The minimum Gasteiger partial charge on any atom is -0.265 e. The van der Waals surface area contributed by atoms with E-state index < -0.39 is 10.0 Å². The molecule has 1 unspecified atom stereocenters. The van der Waals surface area contributed by atoms with Gasteiger partial charge in [-0.05, 0) is 48.6 Å². The molecule has 1 aliphatic rings. The van der Waals surface area contributed by atoms with E-state index in [1.54, 1.807) is 16.7 Å². The van der Waals surface area contributed by atoms with Crippen LogP contribution >= 0.6 is 11.3 Å². The molecular weight excluding hydrogens is 316 g/mol. The molecule has 6 heteroatoms. The highest BCUT2D eigenvalue weighted by atomic mass is 32.2. The largest absolute Gasteiger partial charge is 0.265 e. The first-order valence-corrected chi connectivity index (χ1v) is 9.48. The quantitative estimate of drug-likeness (QED) is 0.861. The summed E-state index contributed by atoms with van der Waals surface area (Å²) in [6.45, 7) is 8.56. The summed E-state index contributed by atoms with van der Waals surface area (Å²) in [5.41, 5.74) is 1.76. The van der Waals surface area contributed by atoms with E-state index in [0.29, 0.717) is 10.8 Å². The third-order valence-electron chi connectivity index (χ3n) is 4.15. The van der Waals surface area contributed by atoms with E-state index >= 15 is 0 Å². The van der Waals surface area contributed by atoms with Gasteiger partial charge in [-0.3, -0.25) is 4.98 Å². The van der Waals surface area contributed by atoms with Crippen LogP contribution in [0, 0.1) is 19.3 Å². The van der Waals surface area contributed by atoms with Gasteiger partial charge in [0.2, 0.25) is 0 Å². The number of hydrogen-bond donors (Lipinski definition) is 0. The molecule has 0 aliphatic carbocycles. The number of pyridine rings is 1. The minimum atomic E-state index is -3.45. The van der Waals surface area contributed by atoms with Crippen LogP contribution in [0.5, 0.6) is 0 Å². The Balaban J connectivity index is 2.03. The van der Waals surface area contributed by atoms with Gasteiger partial charge in [0.25, 0.3) is 10.0 Å². The monoisotopic (exact) mass is 336 g/mol. The van der Waals surface area contributed by atoms with Gasteiger partial charge >= 0.3 is 0 Å². The Labute approximate surface area is 135 Å². The zero-order chi connectivity index (χ0) is 16.1. The lowest BCUT2D eigenvalue weighted by Crippen LogP contribution is -2.57. The Morgan fingerprint density at radius 2 is 1.91 bits per heavy atom. The maximum atomic E-state index is 13.0. The van der Waals surface area contributed by atoms with Crippen LogP contribution in [0.3, 0.4) is 0 Å². The van der Waals surface area contributed by atoms with E-state index in [4.69, 9.17) is 0 Å². The molecule has 1 fully saturated rings. The number of thiophene rings is 1.